The molecule has 2 amide bonds. The van der Waals surface area contributed by atoms with Crippen LogP contribution < -0.4 is 10.6 Å². The highest BCUT2D eigenvalue weighted by molar-refractivity contribution is 6.13. The van der Waals surface area contributed by atoms with Gasteiger partial charge in [0.2, 0.25) is 11.8 Å². The van der Waals surface area contributed by atoms with E-state index in [0.29, 0.717) is 19.4 Å². The maximum absolute atomic E-state index is 12.5. The number of carbonyl (C=O) groups is 2. The first kappa shape index (κ1) is 16.9. The highest BCUT2D eigenvalue weighted by Crippen LogP contribution is 2.46. The van der Waals surface area contributed by atoms with Gasteiger partial charge < -0.3 is 15.4 Å². The smallest absolute Gasteiger partial charge is 0.240 e. The molecule has 6 nitrogen and oxygen atoms in total. The first-order chi connectivity index (χ1) is 11.6. The zero-order valence-corrected chi connectivity index (χ0v) is 14.1. The lowest BCUT2D eigenvalue weighted by atomic mass is 10.0. The summed E-state index contributed by atoms with van der Waals surface area (Å²) in [5.74, 6) is -0.349. The molecule has 2 fully saturated rings. The van der Waals surface area contributed by atoms with Crippen LogP contribution in [0.2, 0.25) is 0 Å². The first-order valence-electron chi connectivity index (χ1n) is 8.57. The van der Waals surface area contributed by atoms with Gasteiger partial charge in [-0.05, 0) is 37.5 Å². The van der Waals surface area contributed by atoms with Crippen LogP contribution in [0.25, 0.3) is 0 Å². The van der Waals surface area contributed by atoms with Crippen molar-refractivity contribution in [3.63, 3.8) is 0 Å². The van der Waals surface area contributed by atoms with Gasteiger partial charge in [-0.3, -0.25) is 14.5 Å². The Bertz CT molecular complexity index is 607. The van der Waals surface area contributed by atoms with Gasteiger partial charge in [0.15, 0.2) is 0 Å². The Morgan fingerprint density at radius 2 is 1.96 bits per heavy atom. The molecule has 1 aliphatic carbocycles. The van der Waals surface area contributed by atoms with Gasteiger partial charge in [0, 0.05) is 31.9 Å². The number of amides is 2. The van der Waals surface area contributed by atoms with Gasteiger partial charge in [0.1, 0.15) is 5.41 Å². The molecule has 1 aromatic carbocycles. The topological polar surface area (TPSA) is 70.7 Å². The minimum Gasteiger partial charge on any atom is -0.379 e. The largest absolute Gasteiger partial charge is 0.379 e. The maximum Gasteiger partial charge on any atom is 0.240 e. The summed E-state index contributed by atoms with van der Waals surface area (Å²) in [5.41, 5.74) is 0.939. The third-order valence-electron chi connectivity index (χ3n) is 4.71. The molecule has 2 N–H and O–H groups in total. The molecule has 3 rings (SSSR count). The highest BCUT2D eigenvalue weighted by Gasteiger charge is 2.56. The number of nitrogens with one attached hydrogen (secondary N) is 2. The van der Waals surface area contributed by atoms with E-state index in [2.05, 4.69) is 15.5 Å². The molecular formula is C18H25N3O3. The molecule has 24 heavy (non-hydrogen) atoms. The van der Waals surface area contributed by atoms with Crippen molar-refractivity contribution in [1.29, 1.82) is 0 Å². The molecule has 0 unspecified atom stereocenters. The SMILES string of the molecule is Cc1cccc(NC(=O)C2(C(=O)NCCN3CCOCC3)CC2)c1. The number of nitrogens with zero attached hydrogens (tertiary/aromatic N) is 1. The van der Waals surface area contributed by atoms with Crippen LogP contribution in [0.5, 0.6) is 0 Å². The third kappa shape index (κ3) is 3.94. The Balaban J connectivity index is 1.49. The molecule has 0 aromatic heterocycles. The Kier molecular flexibility index (Phi) is 5.16. The number of anilines is 1. The fraction of sp³-hybridized carbons (Fsp3) is 0.556. The molecule has 1 saturated carbocycles. The zero-order valence-electron chi connectivity index (χ0n) is 14.1. The van der Waals surface area contributed by atoms with Crippen molar-refractivity contribution in [3.8, 4) is 0 Å². The van der Waals surface area contributed by atoms with Gasteiger partial charge in [-0.25, -0.2) is 0 Å². The van der Waals surface area contributed by atoms with Gasteiger partial charge in [-0.15, -0.1) is 0 Å². The monoisotopic (exact) mass is 331 g/mol. The van der Waals surface area contributed by atoms with Gasteiger partial charge in [-0.1, -0.05) is 12.1 Å². The second kappa shape index (κ2) is 7.32. The second-order valence-electron chi connectivity index (χ2n) is 6.62. The second-order valence-corrected chi connectivity index (χ2v) is 6.62. The van der Waals surface area contributed by atoms with Gasteiger partial charge in [-0.2, -0.15) is 0 Å². The number of morpholine rings is 1. The van der Waals surface area contributed by atoms with Crippen LogP contribution in [0.15, 0.2) is 24.3 Å². The minimum atomic E-state index is -0.880. The van der Waals surface area contributed by atoms with E-state index >= 15 is 0 Å². The summed E-state index contributed by atoms with van der Waals surface area (Å²) in [5, 5.41) is 5.81. The molecule has 0 bridgehead atoms. The minimum absolute atomic E-state index is 0.152. The Morgan fingerprint density at radius 3 is 2.62 bits per heavy atom. The van der Waals surface area contributed by atoms with Crippen LogP contribution in [0.4, 0.5) is 5.69 Å². The van der Waals surface area contributed by atoms with Crippen molar-refractivity contribution in [1.82, 2.24) is 10.2 Å². The molecule has 1 aliphatic heterocycles. The standard InChI is InChI=1S/C18H25N3O3/c1-14-3-2-4-15(13-14)20-17(23)18(5-6-18)16(22)19-7-8-21-9-11-24-12-10-21/h2-4,13H,5-12H2,1H3,(H,19,22)(H,20,23). The lowest BCUT2D eigenvalue weighted by Crippen LogP contribution is -2.45. The van der Waals surface area contributed by atoms with Crippen LogP contribution in [-0.2, 0) is 14.3 Å². The Hall–Kier alpha value is -1.92. The lowest BCUT2D eigenvalue weighted by molar-refractivity contribution is -0.134. The number of carbonyl (C=O) groups excluding carboxylic acids is 2. The molecule has 0 spiro atoms. The quantitative estimate of drug-likeness (QED) is 0.768. The summed E-state index contributed by atoms with van der Waals surface area (Å²) in [7, 11) is 0. The summed E-state index contributed by atoms with van der Waals surface area (Å²) in [6, 6.07) is 7.62. The van der Waals surface area contributed by atoms with E-state index in [9.17, 15) is 9.59 Å². The molecule has 0 radical (unpaired) electrons. The normalized spacial score (nSPS) is 19.5. The molecule has 6 heteroatoms. The average molecular weight is 331 g/mol. The van der Waals surface area contributed by atoms with Crippen molar-refractivity contribution in [2.24, 2.45) is 5.41 Å². The summed E-state index contributed by atoms with van der Waals surface area (Å²) < 4.78 is 5.31. The highest BCUT2D eigenvalue weighted by atomic mass is 16.5. The number of hydrogen-bond acceptors (Lipinski definition) is 4. The van der Waals surface area contributed by atoms with Crippen molar-refractivity contribution < 1.29 is 14.3 Å². The van der Waals surface area contributed by atoms with Crippen molar-refractivity contribution in [2.45, 2.75) is 19.8 Å². The molecule has 1 heterocycles. The number of hydrogen-bond donors (Lipinski definition) is 2. The predicted octanol–water partition coefficient (Wildman–Crippen LogP) is 1.16. The third-order valence-corrected chi connectivity index (χ3v) is 4.71. The van der Waals surface area contributed by atoms with Crippen LogP contribution in [0, 0.1) is 12.3 Å². The molecule has 130 valence electrons. The number of ether oxygens (including phenoxy) is 1. The van der Waals surface area contributed by atoms with E-state index in [1.807, 2.05) is 31.2 Å². The molecule has 2 aliphatic rings. The van der Waals surface area contributed by atoms with E-state index in [0.717, 1.165) is 44.1 Å². The summed E-state index contributed by atoms with van der Waals surface area (Å²) in [6.07, 6.45) is 1.24. The summed E-state index contributed by atoms with van der Waals surface area (Å²) >= 11 is 0. The first-order valence-corrected chi connectivity index (χ1v) is 8.57. The van der Waals surface area contributed by atoms with E-state index < -0.39 is 5.41 Å². The molecule has 1 saturated heterocycles. The van der Waals surface area contributed by atoms with Crippen molar-refractivity contribution in [3.05, 3.63) is 29.8 Å². The Labute approximate surface area is 142 Å². The van der Waals surface area contributed by atoms with Crippen molar-refractivity contribution in [2.75, 3.05) is 44.7 Å². The van der Waals surface area contributed by atoms with Crippen LogP contribution >= 0.6 is 0 Å². The fourth-order valence-electron chi connectivity index (χ4n) is 2.98. The zero-order chi connectivity index (χ0) is 17.0. The molecule has 1 aromatic rings. The van der Waals surface area contributed by atoms with E-state index in [1.54, 1.807) is 0 Å². The van der Waals surface area contributed by atoms with E-state index in [4.69, 9.17) is 4.74 Å². The van der Waals surface area contributed by atoms with Gasteiger partial charge in [0.05, 0.1) is 13.2 Å². The fourth-order valence-corrected chi connectivity index (χ4v) is 2.98. The summed E-state index contributed by atoms with van der Waals surface area (Å²) in [6.45, 7) is 6.63. The van der Waals surface area contributed by atoms with E-state index in [1.165, 1.54) is 0 Å². The van der Waals surface area contributed by atoms with Crippen LogP contribution in [-0.4, -0.2) is 56.1 Å². The number of aryl methyl sites for hydroxylation is 1. The number of rotatable bonds is 6. The molecule has 0 atom stereocenters. The van der Waals surface area contributed by atoms with Crippen LogP contribution in [0.3, 0.4) is 0 Å². The predicted molar refractivity (Wildman–Crippen MR) is 91.7 cm³/mol. The lowest BCUT2D eigenvalue weighted by Gasteiger charge is -2.26. The summed E-state index contributed by atoms with van der Waals surface area (Å²) in [4.78, 5) is 27.2. The van der Waals surface area contributed by atoms with Crippen LogP contribution in [0.1, 0.15) is 18.4 Å². The van der Waals surface area contributed by atoms with E-state index in [-0.39, 0.29) is 11.8 Å². The average Bonchev–Trinajstić information content (AvgIpc) is 3.38. The van der Waals surface area contributed by atoms with Gasteiger partial charge >= 0.3 is 0 Å². The Morgan fingerprint density at radius 1 is 1.21 bits per heavy atom. The maximum atomic E-state index is 12.5. The molecular weight excluding hydrogens is 306 g/mol. The number of benzene rings is 1. The van der Waals surface area contributed by atoms with Gasteiger partial charge in [0.25, 0.3) is 0 Å². The van der Waals surface area contributed by atoms with Crippen molar-refractivity contribution >= 4 is 17.5 Å².